The van der Waals surface area contributed by atoms with Crippen molar-refractivity contribution in [3.8, 4) is 0 Å². The Labute approximate surface area is 191 Å². The summed E-state index contributed by atoms with van der Waals surface area (Å²) in [5, 5.41) is 3.29. The van der Waals surface area contributed by atoms with E-state index < -0.39 is 22.0 Å². The van der Waals surface area contributed by atoms with Crippen molar-refractivity contribution in [3.63, 3.8) is 0 Å². The van der Waals surface area contributed by atoms with Gasteiger partial charge in [-0.1, -0.05) is 35.9 Å². The number of para-hydroxylation sites is 2. The van der Waals surface area contributed by atoms with E-state index in [1.54, 1.807) is 36.4 Å². The van der Waals surface area contributed by atoms with Gasteiger partial charge in [0.1, 0.15) is 5.82 Å². The highest BCUT2D eigenvalue weighted by Crippen LogP contribution is 2.25. The molecule has 4 aromatic rings. The van der Waals surface area contributed by atoms with Crippen molar-refractivity contribution < 1.29 is 13.2 Å². The zero-order chi connectivity index (χ0) is 22.9. The zero-order valence-electron chi connectivity index (χ0n) is 17.4. The van der Waals surface area contributed by atoms with E-state index in [0.717, 1.165) is 15.3 Å². The minimum atomic E-state index is -3.89. The maximum absolute atomic E-state index is 13.1. The summed E-state index contributed by atoms with van der Waals surface area (Å²) in [5.74, 6) is 0.212. The second-order valence-electron chi connectivity index (χ2n) is 7.31. The van der Waals surface area contributed by atoms with Gasteiger partial charge in [-0.3, -0.25) is 9.10 Å². The molecule has 9 heteroatoms. The van der Waals surface area contributed by atoms with Crippen molar-refractivity contribution in [2.75, 3.05) is 11.4 Å². The summed E-state index contributed by atoms with van der Waals surface area (Å²) in [5.41, 5.74) is 2.33. The maximum atomic E-state index is 13.1. The van der Waals surface area contributed by atoms with Crippen LogP contribution in [0.2, 0.25) is 5.02 Å². The van der Waals surface area contributed by atoms with Crippen LogP contribution in [0.15, 0.2) is 77.7 Å². The lowest BCUT2D eigenvalue weighted by molar-refractivity contribution is 0.0938. The zero-order valence-corrected chi connectivity index (χ0v) is 19.0. The number of carbonyl (C=O) groups excluding carboxylic acids is 1. The van der Waals surface area contributed by atoms with Crippen molar-refractivity contribution in [1.82, 2.24) is 15.3 Å². The molecule has 2 N–H and O–H groups in total. The van der Waals surface area contributed by atoms with Crippen LogP contribution < -0.4 is 9.62 Å². The highest BCUT2D eigenvalue weighted by atomic mass is 35.5. The molecule has 4 rings (SSSR count). The minimum absolute atomic E-state index is 0.00372. The fourth-order valence-corrected chi connectivity index (χ4v) is 4.71. The lowest BCUT2D eigenvalue weighted by atomic mass is 10.2. The van der Waals surface area contributed by atoms with Crippen molar-refractivity contribution in [2.45, 2.75) is 17.9 Å². The smallest absolute Gasteiger partial charge is 0.264 e. The molecule has 1 heterocycles. The Hall–Kier alpha value is -3.36. The lowest BCUT2D eigenvalue weighted by Gasteiger charge is -2.20. The molecule has 0 aliphatic rings. The summed E-state index contributed by atoms with van der Waals surface area (Å²) >= 11 is 5.99. The number of imidazole rings is 1. The molecule has 0 fully saturated rings. The predicted molar refractivity (Wildman–Crippen MR) is 125 cm³/mol. The van der Waals surface area contributed by atoms with Crippen molar-refractivity contribution in [1.29, 1.82) is 0 Å². The SMILES string of the molecule is CC(NC(=O)c1cccc(S(=O)(=O)N(C)c2cccc(Cl)c2)c1)c1nc2ccccc2[nH]1. The number of hydrogen-bond donors (Lipinski definition) is 2. The van der Waals surface area contributed by atoms with Gasteiger partial charge in [0.2, 0.25) is 0 Å². The Bertz CT molecular complexity index is 1370. The number of H-pyrrole nitrogens is 1. The maximum Gasteiger partial charge on any atom is 0.264 e. The number of nitrogens with one attached hydrogen (secondary N) is 2. The van der Waals surface area contributed by atoms with E-state index in [1.165, 1.54) is 19.2 Å². The Morgan fingerprint density at radius 1 is 1.06 bits per heavy atom. The first-order chi connectivity index (χ1) is 15.3. The van der Waals surface area contributed by atoms with E-state index in [4.69, 9.17) is 11.6 Å². The first kappa shape index (κ1) is 21.9. The first-order valence-corrected chi connectivity index (χ1v) is 11.7. The monoisotopic (exact) mass is 468 g/mol. The van der Waals surface area contributed by atoms with Gasteiger partial charge >= 0.3 is 0 Å². The third-order valence-corrected chi connectivity index (χ3v) is 7.11. The summed E-state index contributed by atoms with van der Waals surface area (Å²) < 4.78 is 27.3. The number of benzene rings is 3. The molecule has 0 saturated carbocycles. The van der Waals surface area contributed by atoms with E-state index >= 15 is 0 Å². The summed E-state index contributed by atoms with van der Waals surface area (Å²) in [7, 11) is -2.44. The van der Waals surface area contributed by atoms with Crippen LogP contribution >= 0.6 is 11.6 Å². The summed E-state index contributed by atoms with van der Waals surface area (Å²) in [4.78, 5) is 20.5. The normalized spacial score (nSPS) is 12.5. The van der Waals surface area contributed by atoms with Crippen molar-refractivity contribution in [3.05, 3.63) is 89.2 Å². The molecular weight excluding hydrogens is 448 g/mol. The van der Waals surface area contributed by atoms with E-state index in [2.05, 4.69) is 15.3 Å². The van der Waals surface area contributed by atoms with Crippen LogP contribution in [-0.2, 0) is 10.0 Å². The molecule has 164 valence electrons. The summed E-state index contributed by atoms with van der Waals surface area (Å²) in [6, 6.07) is 19.7. The van der Waals surface area contributed by atoms with Gasteiger partial charge in [0.25, 0.3) is 15.9 Å². The second-order valence-corrected chi connectivity index (χ2v) is 9.72. The number of halogens is 1. The van der Waals surface area contributed by atoms with E-state index in [-0.39, 0.29) is 10.5 Å². The van der Waals surface area contributed by atoms with Gasteiger partial charge < -0.3 is 10.3 Å². The fourth-order valence-electron chi connectivity index (χ4n) is 3.29. The van der Waals surface area contributed by atoms with Gasteiger partial charge in [-0.15, -0.1) is 0 Å². The van der Waals surface area contributed by atoms with Gasteiger partial charge in [0.05, 0.1) is 27.7 Å². The number of anilines is 1. The quantitative estimate of drug-likeness (QED) is 0.434. The van der Waals surface area contributed by atoms with Crippen LogP contribution in [0.4, 0.5) is 5.69 Å². The molecule has 1 amide bonds. The molecule has 1 atom stereocenters. The lowest BCUT2D eigenvalue weighted by Crippen LogP contribution is -2.29. The number of rotatable bonds is 6. The molecular formula is C23H21ClN4O3S. The van der Waals surface area contributed by atoms with Crippen LogP contribution in [0, 0.1) is 0 Å². The standard InChI is InChI=1S/C23H21ClN4O3S/c1-15(22-26-20-11-3-4-12-21(20)27-22)25-23(29)16-7-5-10-19(13-16)32(30,31)28(2)18-9-6-8-17(24)14-18/h3-15H,1-2H3,(H,25,29)(H,26,27). The Morgan fingerprint density at radius 2 is 1.81 bits per heavy atom. The third kappa shape index (κ3) is 4.32. The number of amides is 1. The van der Waals surface area contributed by atoms with Crippen LogP contribution in [-0.4, -0.2) is 31.3 Å². The van der Waals surface area contributed by atoms with E-state index in [1.807, 2.05) is 31.2 Å². The number of fused-ring (bicyclic) bond motifs is 1. The van der Waals surface area contributed by atoms with E-state index in [0.29, 0.717) is 16.5 Å². The topological polar surface area (TPSA) is 95.2 Å². The molecule has 3 aromatic carbocycles. The van der Waals surface area contributed by atoms with Crippen LogP contribution in [0.25, 0.3) is 11.0 Å². The second kappa shape index (κ2) is 8.64. The van der Waals surface area contributed by atoms with Gasteiger partial charge in [-0.25, -0.2) is 13.4 Å². The third-order valence-electron chi connectivity index (χ3n) is 5.09. The molecule has 0 radical (unpaired) electrons. The molecule has 1 aromatic heterocycles. The number of carbonyl (C=O) groups is 1. The summed E-state index contributed by atoms with van der Waals surface area (Å²) in [6.07, 6.45) is 0. The highest BCUT2D eigenvalue weighted by molar-refractivity contribution is 7.92. The van der Waals surface area contributed by atoms with Crippen molar-refractivity contribution >= 4 is 44.3 Å². The number of hydrogen-bond acceptors (Lipinski definition) is 4. The number of sulfonamides is 1. The number of aromatic nitrogens is 2. The fraction of sp³-hybridized carbons (Fsp3) is 0.130. The summed E-state index contributed by atoms with van der Waals surface area (Å²) in [6.45, 7) is 1.81. The van der Waals surface area contributed by atoms with Gasteiger partial charge in [0.15, 0.2) is 0 Å². The number of nitrogens with zero attached hydrogens (tertiary/aromatic N) is 2. The average Bonchev–Trinajstić information content (AvgIpc) is 3.23. The first-order valence-electron chi connectivity index (χ1n) is 9.86. The molecule has 7 nitrogen and oxygen atoms in total. The minimum Gasteiger partial charge on any atom is -0.342 e. The van der Waals surface area contributed by atoms with Crippen LogP contribution in [0.5, 0.6) is 0 Å². The molecule has 0 aliphatic heterocycles. The molecule has 0 saturated heterocycles. The molecule has 0 spiro atoms. The molecule has 32 heavy (non-hydrogen) atoms. The Morgan fingerprint density at radius 3 is 2.56 bits per heavy atom. The van der Waals surface area contributed by atoms with Gasteiger partial charge in [-0.2, -0.15) is 0 Å². The average molecular weight is 469 g/mol. The predicted octanol–water partition coefficient (Wildman–Crippen LogP) is 4.53. The van der Waals surface area contributed by atoms with Crippen LogP contribution in [0.1, 0.15) is 29.1 Å². The molecule has 0 aliphatic carbocycles. The largest absolute Gasteiger partial charge is 0.342 e. The highest BCUT2D eigenvalue weighted by Gasteiger charge is 2.23. The number of aromatic amines is 1. The van der Waals surface area contributed by atoms with Gasteiger partial charge in [0, 0.05) is 17.6 Å². The van der Waals surface area contributed by atoms with Gasteiger partial charge in [-0.05, 0) is 55.5 Å². The van der Waals surface area contributed by atoms with Crippen molar-refractivity contribution in [2.24, 2.45) is 0 Å². The molecule has 1 unspecified atom stereocenters. The van der Waals surface area contributed by atoms with Crippen LogP contribution in [0.3, 0.4) is 0 Å². The Kier molecular flexibility index (Phi) is 5.90. The Balaban J connectivity index is 1.55. The molecule has 0 bridgehead atoms. The van der Waals surface area contributed by atoms with E-state index in [9.17, 15) is 13.2 Å².